The van der Waals surface area contributed by atoms with Crippen molar-refractivity contribution in [3.63, 3.8) is 0 Å². The number of para-hydroxylation sites is 1. The van der Waals surface area contributed by atoms with Crippen LogP contribution in [-0.4, -0.2) is 6.04 Å². The van der Waals surface area contributed by atoms with Gasteiger partial charge in [0.05, 0.1) is 11.7 Å². The van der Waals surface area contributed by atoms with Gasteiger partial charge in [-0.15, -0.1) is 6.42 Å². The minimum Gasteiger partial charge on any atom is -0.370 e. The van der Waals surface area contributed by atoms with Crippen molar-refractivity contribution < 1.29 is 0 Å². The molecule has 0 saturated heterocycles. The Hall–Kier alpha value is -0.460. The molecule has 0 spiro atoms. The molecule has 0 bridgehead atoms. The SMILES string of the molecule is C#CC(C)Nc1c(Br)cccc1Br. The van der Waals surface area contributed by atoms with Crippen LogP contribution >= 0.6 is 31.9 Å². The van der Waals surface area contributed by atoms with E-state index in [1.807, 2.05) is 25.1 Å². The van der Waals surface area contributed by atoms with Crippen LogP contribution in [-0.2, 0) is 0 Å². The summed E-state index contributed by atoms with van der Waals surface area (Å²) in [4.78, 5) is 0. The van der Waals surface area contributed by atoms with E-state index >= 15 is 0 Å². The van der Waals surface area contributed by atoms with Crippen LogP contribution in [0.4, 0.5) is 5.69 Å². The van der Waals surface area contributed by atoms with E-state index in [9.17, 15) is 0 Å². The molecule has 1 unspecified atom stereocenters. The molecule has 0 aliphatic heterocycles. The largest absolute Gasteiger partial charge is 0.370 e. The summed E-state index contributed by atoms with van der Waals surface area (Å²) in [7, 11) is 0. The molecule has 0 aliphatic rings. The third-order valence-corrected chi connectivity index (χ3v) is 2.90. The van der Waals surface area contributed by atoms with Crippen LogP contribution in [0.15, 0.2) is 27.1 Å². The Bertz CT molecular complexity index is 321. The molecule has 1 rings (SSSR count). The van der Waals surface area contributed by atoms with Gasteiger partial charge in [0.2, 0.25) is 0 Å². The zero-order valence-electron chi connectivity index (χ0n) is 7.14. The molecule has 3 heteroatoms. The highest BCUT2D eigenvalue weighted by Gasteiger charge is 2.05. The molecule has 0 heterocycles. The summed E-state index contributed by atoms with van der Waals surface area (Å²) < 4.78 is 2.01. The van der Waals surface area contributed by atoms with Crippen LogP contribution < -0.4 is 5.32 Å². The second-order valence-corrected chi connectivity index (χ2v) is 4.34. The van der Waals surface area contributed by atoms with Gasteiger partial charge in [-0.3, -0.25) is 0 Å². The molecule has 1 N–H and O–H groups in total. The van der Waals surface area contributed by atoms with Gasteiger partial charge in [0.1, 0.15) is 0 Å². The fourth-order valence-electron chi connectivity index (χ4n) is 0.894. The number of halogens is 2. The predicted molar refractivity (Wildman–Crippen MR) is 63.8 cm³/mol. The average molecular weight is 303 g/mol. The summed E-state index contributed by atoms with van der Waals surface area (Å²) in [6, 6.07) is 5.92. The zero-order chi connectivity index (χ0) is 9.84. The molecule has 0 amide bonds. The van der Waals surface area contributed by atoms with Gasteiger partial charge < -0.3 is 5.32 Å². The van der Waals surface area contributed by atoms with Crippen LogP contribution in [0, 0.1) is 12.3 Å². The predicted octanol–water partition coefficient (Wildman–Crippen LogP) is 3.65. The Morgan fingerprint density at radius 1 is 1.38 bits per heavy atom. The number of hydrogen-bond acceptors (Lipinski definition) is 1. The number of rotatable bonds is 2. The number of hydrogen-bond donors (Lipinski definition) is 1. The molecule has 68 valence electrons. The Morgan fingerprint density at radius 2 is 1.92 bits per heavy atom. The van der Waals surface area contributed by atoms with Crippen molar-refractivity contribution in [3.05, 3.63) is 27.1 Å². The molecule has 1 aromatic carbocycles. The first-order valence-corrected chi connectivity index (χ1v) is 5.40. The van der Waals surface area contributed by atoms with Crippen LogP contribution in [0.3, 0.4) is 0 Å². The fourth-order valence-corrected chi connectivity index (χ4v) is 2.12. The lowest BCUT2D eigenvalue weighted by atomic mass is 10.3. The quantitative estimate of drug-likeness (QED) is 0.822. The summed E-state index contributed by atoms with van der Waals surface area (Å²) in [6.07, 6.45) is 5.28. The van der Waals surface area contributed by atoms with Crippen molar-refractivity contribution >= 4 is 37.5 Å². The minimum absolute atomic E-state index is 0.0231. The van der Waals surface area contributed by atoms with E-state index < -0.39 is 0 Å². The van der Waals surface area contributed by atoms with Crippen molar-refractivity contribution in [1.82, 2.24) is 0 Å². The summed E-state index contributed by atoms with van der Waals surface area (Å²) in [5.74, 6) is 2.62. The smallest absolute Gasteiger partial charge is 0.0846 e. The Balaban J connectivity index is 2.95. The van der Waals surface area contributed by atoms with Gasteiger partial charge in [-0.05, 0) is 50.9 Å². The van der Waals surface area contributed by atoms with E-state index in [1.54, 1.807) is 0 Å². The van der Waals surface area contributed by atoms with E-state index in [-0.39, 0.29) is 6.04 Å². The Kier molecular flexibility index (Phi) is 3.83. The van der Waals surface area contributed by atoms with Crippen molar-refractivity contribution in [2.45, 2.75) is 13.0 Å². The zero-order valence-corrected chi connectivity index (χ0v) is 10.3. The van der Waals surface area contributed by atoms with E-state index in [4.69, 9.17) is 6.42 Å². The summed E-state index contributed by atoms with van der Waals surface area (Å²) >= 11 is 6.89. The van der Waals surface area contributed by atoms with Crippen molar-refractivity contribution in [2.24, 2.45) is 0 Å². The second kappa shape index (κ2) is 4.69. The minimum atomic E-state index is 0.0231. The van der Waals surface area contributed by atoms with E-state index in [2.05, 4.69) is 43.1 Å². The lowest BCUT2D eigenvalue weighted by Gasteiger charge is -2.12. The molecule has 0 aromatic heterocycles. The van der Waals surface area contributed by atoms with Crippen molar-refractivity contribution in [2.75, 3.05) is 5.32 Å². The van der Waals surface area contributed by atoms with Gasteiger partial charge in [0, 0.05) is 8.95 Å². The number of benzene rings is 1. The summed E-state index contributed by atoms with van der Waals surface area (Å²) in [6.45, 7) is 1.94. The van der Waals surface area contributed by atoms with E-state index in [0.717, 1.165) is 14.6 Å². The standard InChI is InChI=1S/C10H9Br2N/c1-3-7(2)13-10-8(11)5-4-6-9(10)12/h1,4-7,13H,2H3. The van der Waals surface area contributed by atoms with E-state index in [1.165, 1.54) is 0 Å². The van der Waals surface area contributed by atoms with Gasteiger partial charge in [-0.2, -0.15) is 0 Å². The van der Waals surface area contributed by atoms with Gasteiger partial charge in [-0.25, -0.2) is 0 Å². The van der Waals surface area contributed by atoms with Crippen LogP contribution in [0.1, 0.15) is 6.92 Å². The molecule has 1 atom stereocenters. The number of anilines is 1. The molecule has 0 radical (unpaired) electrons. The summed E-state index contributed by atoms with van der Waals surface area (Å²) in [5, 5.41) is 3.20. The van der Waals surface area contributed by atoms with E-state index in [0.29, 0.717) is 0 Å². The molecule has 0 aliphatic carbocycles. The maximum absolute atomic E-state index is 5.28. The molecule has 0 fully saturated rings. The lowest BCUT2D eigenvalue weighted by Crippen LogP contribution is -2.12. The first-order valence-electron chi connectivity index (χ1n) is 3.82. The number of nitrogens with one attached hydrogen (secondary N) is 1. The Morgan fingerprint density at radius 3 is 2.38 bits per heavy atom. The molecule has 0 saturated carbocycles. The third-order valence-electron chi connectivity index (χ3n) is 1.57. The molecular weight excluding hydrogens is 294 g/mol. The van der Waals surface area contributed by atoms with Crippen LogP contribution in [0.25, 0.3) is 0 Å². The highest BCUT2D eigenvalue weighted by Crippen LogP contribution is 2.30. The lowest BCUT2D eigenvalue weighted by molar-refractivity contribution is 1.03. The second-order valence-electron chi connectivity index (χ2n) is 2.63. The van der Waals surface area contributed by atoms with Gasteiger partial charge in [0.15, 0.2) is 0 Å². The van der Waals surface area contributed by atoms with Gasteiger partial charge >= 0.3 is 0 Å². The van der Waals surface area contributed by atoms with Crippen molar-refractivity contribution in [1.29, 1.82) is 0 Å². The van der Waals surface area contributed by atoms with Gasteiger partial charge in [-0.1, -0.05) is 12.0 Å². The number of terminal acetylenes is 1. The van der Waals surface area contributed by atoms with Crippen LogP contribution in [0.2, 0.25) is 0 Å². The third kappa shape index (κ3) is 2.75. The maximum atomic E-state index is 5.28. The van der Waals surface area contributed by atoms with Gasteiger partial charge in [0.25, 0.3) is 0 Å². The molecule has 13 heavy (non-hydrogen) atoms. The monoisotopic (exact) mass is 301 g/mol. The average Bonchev–Trinajstić information content (AvgIpc) is 2.11. The Labute approximate surface area is 95.2 Å². The fraction of sp³-hybridized carbons (Fsp3) is 0.200. The first-order chi connectivity index (χ1) is 6.15. The first kappa shape index (κ1) is 10.6. The molecule has 1 nitrogen and oxygen atoms in total. The molecular formula is C10H9Br2N. The summed E-state index contributed by atoms with van der Waals surface area (Å²) in [5.41, 5.74) is 0.993. The molecule has 1 aromatic rings. The van der Waals surface area contributed by atoms with Crippen LogP contribution in [0.5, 0.6) is 0 Å². The maximum Gasteiger partial charge on any atom is 0.0846 e. The normalized spacial score (nSPS) is 11.8. The highest BCUT2D eigenvalue weighted by molar-refractivity contribution is 9.11. The van der Waals surface area contributed by atoms with Crippen molar-refractivity contribution in [3.8, 4) is 12.3 Å². The topological polar surface area (TPSA) is 12.0 Å². The highest BCUT2D eigenvalue weighted by atomic mass is 79.9.